The molecule has 2 nitrogen and oxygen atoms in total. The Morgan fingerprint density at radius 1 is 1.20 bits per heavy atom. The van der Waals surface area contributed by atoms with Crippen LogP contribution in [0.4, 0.5) is 0 Å². The highest BCUT2D eigenvalue weighted by Crippen LogP contribution is 2.40. The van der Waals surface area contributed by atoms with Gasteiger partial charge in [-0.3, -0.25) is 0 Å². The summed E-state index contributed by atoms with van der Waals surface area (Å²) in [5.41, 5.74) is 7.15. The molecule has 0 aromatic rings. The largest absolute Gasteiger partial charge is 0.387 e. The topological polar surface area (TPSA) is 38.4 Å². The van der Waals surface area contributed by atoms with Gasteiger partial charge in [-0.1, -0.05) is 36.5 Å². The first-order valence-corrected chi connectivity index (χ1v) is 5.42. The van der Waals surface area contributed by atoms with E-state index in [-0.39, 0.29) is 0 Å². The van der Waals surface area contributed by atoms with Crippen molar-refractivity contribution in [2.45, 2.75) is 6.42 Å². The molecule has 3 atom stereocenters. The molecule has 0 radical (unpaired) electrons. The fourth-order valence-electron chi connectivity index (χ4n) is 2.64. The average Bonchev–Trinajstić information content (AvgIpc) is 2.30. The second-order valence-corrected chi connectivity index (χ2v) is 4.27. The molecule has 2 N–H and O–H groups in total. The highest BCUT2D eigenvalue weighted by Gasteiger charge is 2.35. The molecule has 3 unspecified atom stereocenters. The van der Waals surface area contributed by atoms with E-state index in [1.807, 2.05) is 0 Å². The molecule has 3 rings (SSSR count). The number of nitrogens with zero attached hydrogens (tertiary/aromatic N) is 1. The second kappa shape index (κ2) is 3.23. The van der Waals surface area contributed by atoms with Gasteiger partial charge >= 0.3 is 0 Å². The Kier molecular flexibility index (Phi) is 1.88. The summed E-state index contributed by atoms with van der Waals surface area (Å²) < 4.78 is 0. The lowest BCUT2D eigenvalue weighted by Crippen LogP contribution is -2.38. The third-order valence-electron chi connectivity index (χ3n) is 3.41. The average molecular weight is 198 g/mol. The minimum absolute atomic E-state index is 0.309. The van der Waals surface area contributed by atoms with Gasteiger partial charge in [0.2, 0.25) is 0 Å². The Morgan fingerprint density at radius 2 is 2.07 bits per heavy atom. The van der Waals surface area contributed by atoms with Gasteiger partial charge in [0.05, 0.1) is 0 Å². The van der Waals surface area contributed by atoms with E-state index in [1.165, 1.54) is 0 Å². The molecule has 0 saturated heterocycles. The van der Waals surface area contributed by atoms with Gasteiger partial charge in [0, 0.05) is 17.5 Å². The summed E-state index contributed by atoms with van der Waals surface area (Å²) in [5, 5.41) is 0. The SMILES string of the molecule is NC1=NC2=CC=CCC2C2C=CC=CC12. The van der Waals surface area contributed by atoms with Gasteiger partial charge in [0.15, 0.2) is 0 Å². The summed E-state index contributed by atoms with van der Waals surface area (Å²) in [6, 6.07) is 0. The lowest BCUT2D eigenvalue weighted by atomic mass is 9.72. The predicted molar refractivity (Wildman–Crippen MR) is 62.2 cm³/mol. The summed E-state index contributed by atoms with van der Waals surface area (Å²) in [4.78, 5) is 4.51. The van der Waals surface area contributed by atoms with E-state index in [9.17, 15) is 0 Å². The highest BCUT2D eigenvalue weighted by molar-refractivity contribution is 5.87. The number of allylic oxidation sites excluding steroid dienone is 7. The Labute approximate surface area is 89.6 Å². The molecule has 15 heavy (non-hydrogen) atoms. The molecular formula is C13H14N2. The molecular weight excluding hydrogens is 184 g/mol. The maximum Gasteiger partial charge on any atom is 0.107 e. The number of rotatable bonds is 0. The minimum atomic E-state index is 0.309. The van der Waals surface area contributed by atoms with Crippen molar-refractivity contribution in [3.8, 4) is 0 Å². The van der Waals surface area contributed by atoms with Crippen molar-refractivity contribution in [1.82, 2.24) is 0 Å². The van der Waals surface area contributed by atoms with E-state index in [4.69, 9.17) is 5.73 Å². The zero-order valence-corrected chi connectivity index (χ0v) is 8.51. The fraction of sp³-hybridized carbons (Fsp3) is 0.308. The first-order chi connectivity index (χ1) is 7.36. The molecule has 1 heterocycles. The van der Waals surface area contributed by atoms with Crippen molar-refractivity contribution in [2.24, 2.45) is 28.5 Å². The van der Waals surface area contributed by atoms with Crippen molar-refractivity contribution >= 4 is 5.84 Å². The summed E-state index contributed by atoms with van der Waals surface area (Å²) in [7, 11) is 0. The molecule has 0 aromatic heterocycles. The van der Waals surface area contributed by atoms with Gasteiger partial charge in [0.1, 0.15) is 5.84 Å². The van der Waals surface area contributed by atoms with Crippen LogP contribution in [0.2, 0.25) is 0 Å². The molecule has 0 spiro atoms. The normalized spacial score (nSPS) is 36.7. The second-order valence-electron chi connectivity index (χ2n) is 4.27. The van der Waals surface area contributed by atoms with Crippen LogP contribution in [0.25, 0.3) is 0 Å². The monoisotopic (exact) mass is 198 g/mol. The molecule has 2 aliphatic carbocycles. The molecule has 76 valence electrons. The van der Waals surface area contributed by atoms with Crippen LogP contribution < -0.4 is 5.73 Å². The van der Waals surface area contributed by atoms with Gasteiger partial charge in [-0.25, -0.2) is 4.99 Å². The molecule has 0 bridgehead atoms. The zero-order valence-electron chi connectivity index (χ0n) is 8.51. The number of amidine groups is 1. The van der Waals surface area contributed by atoms with E-state index in [2.05, 4.69) is 47.5 Å². The smallest absolute Gasteiger partial charge is 0.107 e. The van der Waals surface area contributed by atoms with Crippen LogP contribution in [-0.2, 0) is 0 Å². The van der Waals surface area contributed by atoms with Crippen molar-refractivity contribution in [3.63, 3.8) is 0 Å². The molecule has 0 aromatic carbocycles. The van der Waals surface area contributed by atoms with Crippen molar-refractivity contribution < 1.29 is 0 Å². The molecule has 3 aliphatic rings. The van der Waals surface area contributed by atoms with Crippen molar-refractivity contribution in [2.75, 3.05) is 0 Å². The molecule has 0 amide bonds. The minimum Gasteiger partial charge on any atom is -0.387 e. The first kappa shape index (κ1) is 8.72. The van der Waals surface area contributed by atoms with E-state index < -0.39 is 0 Å². The molecule has 0 saturated carbocycles. The van der Waals surface area contributed by atoms with Crippen LogP contribution in [0.3, 0.4) is 0 Å². The maximum atomic E-state index is 6.00. The van der Waals surface area contributed by atoms with Gasteiger partial charge in [-0.2, -0.15) is 0 Å². The third kappa shape index (κ3) is 1.29. The van der Waals surface area contributed by atoms with Crippen LogP contribution in [-0.4, -0.2) is 5.84 Å². The van der Waals surface area contributed by atoms with Crippen LogP contribution in [0.1, 0.15) is 6.42 Å². The number of fused-ring (bicyclic) bond motifs is 3. The first-order valence-electron chi connectivity index (χ1n) is 5.42. The molecule has 1 aliphatic heterocycles. The summed E-state index contributed by atoms with van der Waals surface area (Å²) in [5.74, 6) is 2.10. The Balaban J connectivity index is 2.06. The van der Waals surface area contributed by atoms with Crippen LogP contribution in [0.15, 0.2) is 53.2 Å². The van der Waals surface area contributed by atoms with Gasteiger partial charge in [0.25, 0.3) is 0 Å². The Bertz CT molecular complexity index is 424. The quantitative estimate of drug-likeness (QED) is 0.636. The van der Waals surface area contributed by atoms with Crippen molar-refractivity contribution in [1.29, 1.82) is 0 Å². The van der Waals surface area contributed by atoms with Gasteiger partial charge < -0.3 is 5.73 Å². The molecule has 0 fully saturated rings. The standard InChI is InChI=1S/C13H14N2/c14-13-11-7-2-1-5-9(11)10-6-3-4-8-12(10)15-13/h1-5,7-11H,6H2,(H2,14,15). The molecule has 2 heteroatoms. The number of hydrogen-bond donors (Lipinski definition) is 1. The number of aliphatic imine (C=N–C) groups is 1. The van der Waals surface area contributed by atoms with E-state index in [0.29, 0.717) is 17.8 Å². The number of hydrogen-bond acceptors (Lipinski definition) is 2. The Hall–Kier alpha value is -1.57. The lowest BCUT2D eigenvalue weighted by molar-refractivity contribution is 0.392. The third-order valence-corrected chi connectivity index (χ3v) is 3.41. The number of nitrogens with two attached hydrogens (primary N) is 1. The maximum absolute atomic E-state index is 6.00. The van der Waals surface area contributed by atoms with Crippen LogP contribution in [0.5, 0.6) is 0 Å². The highest BCUT2D eigenvalue weighted by atomic mass is 14.9. The summed E-state index contributed by atoms with van der Waals surface area (Å²) in [6.07, 6.45) is 16.1. The van der Waals surface area contributed by atoms with Crippen LogP contribution in [0, 0.1) is 17.8 Å². The van der Waals surface area contributed by atoms with E-state index >= 15 is 0 Å². The van der Waals surface area contributed by atoms with Gasteiger partial charge in [-0.15, -0.1) is 0 Å². The predicted octanol–water partition coefficient (Wildman–Crippen LogP) is 2.18. The van der Waals surface area contributed by atoms with Gasteiger partial charge in [-0.05, 0) is 18.4 Å². The zero-order chi connectivity index (χ0) is 10.3. The summed E-state index contributed by atoms with van der Waals surface area (Å²) in [6.45, 7) is 0. The van der Waals surface area contributed by atoms with E-state index in [1.54, 1.807) is 0 Å². The van der Waals surface area contributed by atoms with E-state index in [0.717, 1.165) is 18.0 Å². The Morgan fingerprint density at radius 3 is 3.00 bits per heavy atom. The van der Waals surface area contributed by atoms with Crippen LogP contribution >= 0.6 is 0 Å². The van der Waals surface area contributed by atoms with Crippen molar-refractivity contribution in [3.05, 3.63) is 48.2 Å². The fourth-order valence-corrected chi connectivity index (χ4v) is 2.64. The summed E-state index contributed by atoms with van der Waals surface area (Å²) >= 11 is 0. The lowest BCUT2D eigenvalue weighted by Gasteiger charge is -2.36.